The third-order valence-electron chi connectivity index (χ3n) is 3.03. The van der Waals surface area contributed by atoms with E-state index in [0.29, 0.717) is 11.6 Å². The van der Waals surface area contributed by atoms with E-state index in [1.54, 1.807) is 6.07 Å². The minimum atomic E-state index is -0.940. The number of hydrogen-bond donors (Lipinski definition) is 1. The molecule has 1 amide bonds. The molecule has 6 nitrogen and oxygen atoms in total. The number of methoxy groups -OCH3 is 1. The summed E-state index contributed by atoms with van der Waals surface area (Å²) in [6.07, 6.45) is 1.58. The van der Waals surface area contributed by atoms with Gasteiger partial charge in [-0.15, -0.1) is 0 Å². The molecule has 18 heavy (non-hydrogen) atoms. The van der Waals surface area contributed by atoms with E-state index in [4.69, 9.17) is 9.84 Å². The van der Waals surface area contributed by atoms with Crippen LogP contribution in [0, 0.1) is 12.8 Å². The van der Waals surface area contributed by atoms with Gasteiger partial charge in [-0.1, -0.05) is 0 Å². The van der Waals surface area contributed by atoms with Gasteiger partial charge in [0.25, 0.3) is 0 Å². The second-order valence-corrected chi connectivity index (χ2v) is 4.26. The van der Waals surface area contributed by atoms with Gasteiger partial charge in [0.15, 0.2) is 0 Å². The first-order chi connectivity index (χ1) is 8.52. The maximum atomic E-state index is 11.8. The van der Waals surface area contributed by atoms with E-state index in [1.807, 2.05) is 6.92 Å². The first-order valence-corrected chi connectivity index (χ1v) is 5.56. The fourth-order valence-corrected chi connectivity index (χ4v) is 2.02. The molecule has 0 aromatic carbocycles. The summed E-state index contributed by atoms with van der Waals surface area (Å²) in [5.74, 6) is -1.29. The Morgan fingerprint density at radius 1 is 1.61 bits per heavy atom. The van der Waals surface area contributed by atoms with Crippen molar-refractivity contribution in [1.82, 2.24) is 4.98 Å². The standard InChI is InChI=1S/C12H14N2O4/c1-7-3-10(18-2)13-5-9(7)14-6-8(12(16)17)4-11(14)15/h3,5,8H,4,6H2,1-2H3,(H,16,17). The number of aromatic nitrogens is 1. The molecule has 2 heterocycles. The van der Waals surface area contributed by atoms with Crippen molar-refractivity contribution in [3.05, 3.63) is 17.8 Å². The highest BCUT2D eigenvalue weighted by Gasteiger charge is 2.35. The summed E-state index contributed by atoms with van der Waals surface area (Å²) in [7, 11) is 1.52. The molecule has 1 atom stereocenters. The van der Waals surface area contributed by atoms with Gasteiger partial charge >= 0.3 is 5.97 Å². The minimum Gasteiger partial charge on any atom is -0.481 e. The Labute approximate surface area is 104 Å². The molecule has 1 aromatic heterocycles. The number of pyridine rings is 1. The zero-order chi connectivity index (χ0) is 13.3. The highest BCUT2D eigenvalue weighted by Crippen LogP contribution is 2.28. The van der Waals surface area contributed by atoms with Crippen LogP contribution in [0.3, 0.4) is 0 Å². The number of anilines is 1. The largest absolute Gasteiger partial charge is 0.481 e. The predicted molar refractivity (Wildman–Crippen MR) is 63.6 cm³/mol. The minimum absolute atomic E-state index is 0.0425. The van der Waals surface area contributed by atoms with Crippen molar-refractivity contribution < 1.29 is 19.4 Å². The van der Waals surface area contributed by atoms with Gasteiger partial charge in [0.1, 0.15) is 0 Å². The van der Waals surface area contributed by atoms with Crippen molar-refractivity contribution in [2.75, 3.05) is 18.6 Å². The fraction of sp³-hybridized carbons (Fsp3) is 0.417. The van der Waals surface area contributed by atoms with Crippen molar-refractivity contribution in [2.24, 2.45) is 5.92 Å². The highest BCUT2D eigenvalue weighted by molar-refractivity contribution is 5.99. The Kier molecular flexibility index (Phi) is 3.18. The Bertz CT molecular complexity index is 501. The number of nitrogens with zero attached hydrogens (tertiary/aromatic N) is 2. The van der Waals surface area contributed by atoms with Crippen LogP contribution in [0.1, 0.15) is 12.0 Å². The first-order valence-electron chi connectivity index (χ1n) is 5.56. The third kappa shape index (κ3) is 2.13. The maximum absolute atomic E-state index is 11.8. The van der Waals surface area contributed by atoms with E-state index in [2.05, 4.69) is 4.98 Å². The van der Waals surface area contributed by atoms with E-state index < -0.39 is 11.9 Å². The molecular formula is C12H14N2O4. The predicted octanol–water partition coefficient (Wildman–Crippen LogP) is 0.836. The van der Waals surface area contributed by atoms with Crippen LogP contribution in [0.2, 0.25) is 0 Å². The summed E-state index contributed by atoms with van der Waals surface area (Å²) in [5.41, 5.74) is 1.48. The van der Waals surface area contributed by atoms with Crippen molar-refractivity contribution in [3.8, 4) is 5.88 Å². The quantitative estimate of drug-likeness (QED) is 0.859. The molecule has 1 aliphatic heterocycles. The second kappa shape index (κ2) is 4.64. The van der Waals surface area contributed by atoms with Crippen LogP contribution in [0.5, 0.6) is 5.88 Å². The molecule has 1 fully saturated rings. The molecule has 96 valence electrons. The van der Waals surface area contributed by atoms with Crippen LogP contribution in [-0.2, 0) is 9.59 Å². The molecule has 1 N–H and O–H groups in total. The van der Waals surface area contributed by atoms with Gasteiger partial charge in [0, 0.05) is 19.0 Å². The number of carboxylic acid groups (broad SMARTS) is 1. The average molecular weight is 250 g/mol. The van der Waals surface area contributed by atoms with Gasteiger partial charge in [-0.2, -0.15) is 0 Å². The topological polar surface area (TPSA) is 79.7 Å². The van der Waals surface area contributed by atoms with Gasteiger partial charge in [0.05, 0.1) is 24.9 Å². The summed E-state index contributed by atoms with van der Waals surface area (Å²) in [5, 5.41) is 8.93. The number of carbonyl (C=O) groups is 2. The van der Waals surface area contributed by atoms with Crippen LogP contribution in [0.25, 0.3) is 0 Å². The number of carboxylic acids is 1. The number of ether oxygens (including phenoxy) is 1. The Morgan fingerprint density at radius 3 is 2.83 bits per heavy atom. The van der Waals surface area contributed by atoms with E-state index in [9.17, 15) is 9.59 Å². The highest BCUT2D eigenvalue weighted by atomic mass is 16.5. The van der Waals surface area contributed by atoms with Gasteiger partial charge in [-0.25, -0.2) is 4.98 Å². The molecule has 1 saturated heterocycles. The molecule has 1 unspecified atom stereocenters. The lowest BCUT2D eigenvalue weighted by Crippen LogP contribution is -2.26. The number of rotatable bonds is 3. The number of amides is 1. The molecule has 6 heteroatoms. The van der Waals surface area contributed by atoms with Crippen molar-refractivity contribution >= 4 is 17.6 Å². The summed E-state index contributed by atoms with van der Waals surface area (Å²) in [6, 6.07) is 1.72. The Hall–Kier alpha value is -2.11. The van der Waals surface area contributed by atoms with E-state index in [0.717, 1.165) is 5.56 Å². The number of aryl methyl sites for hydroxylation is 1. The number of carbonyl (C=O) groups excluding carboxylic acids is 1. The van der Waals surface area contributed by atoms with Gasteiger partial charge in [0.2, 0.25) is 11.8 Å². The molecule has 0 spiro atoms. The molecule has 1 aromatic rings. The normalized spacial score (nSPS) is 19.1. The summed E-state index contributed by atoms with van der Waals surface area (Å²) in [4.78, 5) is 28.2. The molecule has 1 aliphatic rings. The maximum Gasteiger partial charge on any atom is 0.308 e. The molecule has 0 bridgehead atoms. The monoisotopic (exact) mass is 250 g/mol. The van der Waals surface area contributed by atoms with Gasteiger partial charge in [-0.05, 0) is 12.5 Å². The van der Waals surface area contributed by atoms with E-state index in [1.165, 1.54) is 18.2 Å². The summed E-state index contributed by atoms with van der Waals surface area (Å²) < 4.78 is 4.99. The van der Waals surface area contributed by atoms with Crippen molar-refractivity contribution in [3.63, 3.8) is 0 Å². The molecule has 0 aliphatic carbocycles. The zero-order valence-electron chi connectivity index (χ0n) is 10.2. The van der Waals surface area contributed by atoms with Crippen LogP contribution in [0.4, 0.5) is 5.69 Å². The number of hydrogen-bond acceptors (Lipinski definition) is 4. The van der Waals surface area contributed by atoms with Gasteiger partial charge in [-0.3, -0.25) is 9.59 Å². The number of aliphatic carboxylic acids is 1. The van der Waals surface area contributed by atoms with Crippen LogP contribution < -0.4 is 9.64 Å². The summed E-state index contributed by atoms with van der Waals surface area (Å²) in [6.45, 7) is 2.03. The fourth-order valence-electron chi connectivity index (χ4n) is 2.02. The Morgan fingerprint density at radius 2 is 2.33 bits per heavy atom. The molecule has 0 radical (unpaired) electrons. The smallest absolute Gasteiger partial charge is 0.308 e. The van der Waals surface area contributed by atoms with Crippen LogP contribution in [0.15, 0.2) is 12.3 Å². The lowest BCUT2D eigenvalue weighted by molar-refractivity contribution is -0.141. The van der Waals surface area contributed by atoms with Crippen molar-refractivity contribution in [1.29, 1.82) is 0 Å². The SMILES string of the molecule is COc1cc(C)c(N2CC(C(=O)O)CC2=O)cn1. The zero-order valence-corrected chi connectivity index (χ0v) is 10.2. The van der Waals surface area contributed by atoms with Crippen LogP contribution in [-0.4, -0.2) is 35.6 Å². The molecule has 2 rings (SSSR count). The van der Waals surface area contributed by atoms with E-state index in [-0.39, 0.29) is 18.9 Å². The Balaban J connectivity index is 2.27. The second-order valence-electron chi connectivity index (χ2n) is 4.26. The lowest BCUT2D eigenvalue weighted by Gasteiger charge is -2.18. The molecule has 0 saturated carbocycles. The average Bonchev–Trinajstić information content (AvgIpc) is 2.71. The summed E-state index contributed by atoms with van der Waals surface area (Å²) >= 11 is 0. The van der Waals surface area contributed by atoms with E-state index >= 15 is 0 Å². The molecular weight excluding hydrogens is 236 g/mol. The third-order valence-corrected chi connectivity index (χ3v) is 3.03. The first kappa shape index (κ1) is 12.3. The van der Waals surface area contributed by atoms with Crippen LogP contribution >= 0.6 is 0 Å². The lowest BCUT2D eigenvalue weighted by atomic mass is 10.1. The van der Waals surface area contributed by atoms with Gasteiger partial charge < -0.3 is 14.7 Å². The van der Waals surface area contributed by atoms with Crippen molar-refractivity contribution in [2.45, 2.75) is 13.3 Å².